The molecule has 6 nitrogen and oxygen atoms in total. The van der Waals surface area contributed by atoms with Crippen molar-refractivity contribution in [2.45, 2.75) is 25.8 Å². The molecule has 0 bridgehead atoms. The quantitative estimate of drug-likeness (QED) is 0.908. The first-order valence-electron chi connectivity index (χ1n) is 8.34. The van der Waals surface area contributed by atoms with Gasteiger partial charge in [0.15, 0.2) is 5.69 Å². The molecule has 2 atom stereocenters. The van der Waals surface area contributed by atoms with Crippen molar-refractivity contribution in [2.24, 2.45) is 5.92 Å². The number of likely N-dealkylation sites (tertiary alicyclic amines) is 1. The third-order valence-corrected chi connectivity index (χ3v) is 5.06. The van der Waals surface area contributed by atoms with E-state index in [2.05, 4.69) is 15.6 Å². The van der Waals surface area contributed by atoms with E-state index in [1.54, 1.807) is 19.2 Å². The Hall–Kier alpha value is -2.28. The van der Waals surface area contributed by atoms with E-state index in [4.69, 9.17) is 0 Å². The van der Waals surface area contributed by atoms with Gasteiger partial charge in [-0.05, 0) is 49.4 Å². The molecule has 0 saturated carbocycles. The molecule has 4 rings (SSSR count). The Bertz CT molecular complexity index is 774. The van der Waals surface area contributed by atoms with Crippen LogP contribution in [0.15, 0.2) is 24.4 Å². The minimum Gasteiger partial charge on any atom is -0.333 e. The van der Waals surface area contributed by atoms with Crippen LogP contribution in [-0.2, 0) is 0 Å². The van der Waals surface area contributed by atoms with Crippen molar-refractivity contribution in [1.29, 1.82) is 0 Å². The Labute approximate surface area is 139 Å². The summed E-state index contributed by atoms with van der Waals surface area (Å²) < 4.78 is 14.8. The van der Waals surface area contributed by atoms with E-state index in [0.29, 0.717) is 11.6 Å². The zero-order valence-corrected chi connectivity index (χ0v) is 13.6. The van der Waals surface area contributed by atoms with Gasteiger partial charge in [0, 0.05) is 25.7 Å². The van der Waals surface area contributed by atoms with Crippen LogP contribution in [0.1, 0.15) is 28.9 Å². The first-order valence-corrected chi connectivity index (χ1v) is 8.34. The number of piperidine rings is 1. The van der Waals surface area contributed by atoms with Crippen molar-refractivity contribution in [3.05, 3.63) is 41.5 Å². The number of halogens is 1. The average Bonchev–Trinajstić information content (AvgIpc) is 3.23. The zero-order valence-electron chi connectivity index (χ0n) is 13.6. The van der Waals surface area contributed by atoms with Crippen molar-refractivity contribution in [1.82, 2.24) is 25.2 Å². The van der Waals surface area contributed by atoms with Gasteiger partial charge >= 0.3 is 0 Å². The van der Waals surface area contributed by atoms with Crippen molar-refractivity contribution in [3.63, 3.8) is 0 Å². The molecule has 3 heterocycles. The summed E-state index contributed by atoms with van der Waals surface area (Å²) in [5.74, 6) is 0.178. The highest BCUT2D eigenvalue weighted by Crippen LogP contribution is 2.27. The lowest BCUT2D eigenvalue weighted by Crippen LogP contribution is -2.48. The highest BCUT2D eigenvalue weighted by Gasteiger charge is 2.38. The number of aromatic nitrogens is 3. The number of rotatable bonds is 2. The van der Waals surface area contributed by atoms with Gasteiger partial charge in [0.05, 0.1) is 11.9 Å². The van der Waals surface area contributed by atoms with Crippen molar-refractivity contribution in [3.8, 4) is 5.69 Å². The Balaban J connectivity index is 1.59. The number of aryl methyl sites for hydroxylation is 1. The van der Waals surface area contributed by atoms with Gasteiger partial charge in [-0.3, -0.25) is 4.79 Å². The second-order valence-corrected chi connectivity index (χ2v) is 6.61. The smallest absolute Gasteiger partial charge is 0.276 e. The second kappa shape index (κ2) is 5.98. The van der Waals surface area contributed by atoms with Gasteiger partial charge in [0.25, 0.3) is 5.91 Å². The van der Waals surface area contributed by atoms with Gasteiger partial charge in [-0.2, -0.15) is 0 Å². The number of nitrogens with one attached hydrogen (secondary N) is 1. The van der Waals surface area contributed by atoms with E-state index in [1.807, 2.05) is 4.90 Å². The number of fused-ring (bicyclic) bond motifs is 1. The van der Waals surface area contributed by atoms with E-state index < -0.39 is 0 Å². The monoisotopic (exact) mass is 329 g/mol. The summed E-state index contributed by atoms with van der Waals surface area (Å²) >= 11 is 0. The maximum absolute atomic E-state index is 13.3. The fourth-order valence-corrected chi connectivity index (χ4v) is 3.82. The average molecular weight is 329 g/mol. The summed E-state index contributed by atoms with van der Waals surface area (Å²) in [6.07, 6.45) is 3.83. The largest absolute Gasteiger partial charge is 0.333 e. The summed E-state index contributed by atoms with van der Waals surface area (Å²) in [6, 6.07) is 4.72. The number of nitrogens with zero attached hydrogens (tertiary/aromatic N) is 4. The van der Waals surface area contributed by atoms with Crippen LogP contribution >= 0.6 is 0 Å². The van der Waals surface area contributed by atoms with Crippen molar-refractivity contribution >= 4 is 5.91 Å². The molecular weight excluding hydrogens is 309 g/mol. The van der Waals surface area contributed by atoms with E-state index in [9.17, 15) is 9.18 Å². The molecule has 2 aromatic rings. The van der Waals surface area contributed by atoms with Gasteiger partial charge in [-0.15, -0.1) is 5.10 Å². The fourth-order valence-electron chi connectivity index (χ4n) is 3.82. The molecule has 0 radical (unpaired) electrons. The number of amides is 1. The van der Waals surface area contributed by atoms with E-state index in [1.165, 1.54) is 23.2 Å². The molecule has 2 saturated heterocycles. The molecule has 0 aliphatic carbocycles. The van der Waals surface area contributed by atoms with Crippen LogP contribution in [0.25, 0.3) is 5.69 Å². The molecule has 2 fully saturated rings. The summed E-state index contributed by atoms with van der Waals surface area (Å²) in [6.45, 7) is 4.41. The lowest BCUT2D eigenvalue weighted by Gasteiger charge is -2.36. The van der Waals surface area contributed by atoms with Crippen LogP contribution in [0.2, 0.25) is 0 Å². The van der Waals surface area contributed by atoms with Crippen LogP contribution in [0.4, 0.5) is 4.39 Å². The SMILES string of the molecule is Cc1cc(F)ccc1-n1cc(C(=O)N2CCC[C@H]3CNC[C@H]32)nn1. The summed E-state index contributed by atoms with van der Waals surface area (Å²) in [4.78, 5) is 14.8. The predicted octanol–water partition coefficient (Wildman–Crippen LogP) is 1.54. The number of hydrogen-bond donors (Lipinski definition) is 1. The normalized spacial score (nSPS) is 23.3. The molecule has 1 aromatic heterocycles. The molecule has 0 unspecified atom stereocenters. The lowest BCUT2D eigenvalue weighted by atomic mass is 9.92. The molecule has 1 amide bonds. The van der Waals surface area contributed by atoms with Crippen LogP contribution in [-0.4, -0.2) is 51.5 Å². The van der Waals surface area contributed by atoms with Crippen molar-refractivity contribution < 1.29 is 9.18 Å². The van der Waals surface area contributed by atoms with E-state index in [-0.39, 0.29) is 17.8 Å². The third-order valence-electron chi connectivity index (χ3n) is 5.06. The maximum atomic E-state index is 13.3. The van der Waals surface area contributed by atoms with Gasteiger partial charge in [-0.1, -0.05) is 5.21 Å². The summed E-state index contributed by atoms with van der Waals surface area (Å²) in [5, 5.41) is 11.5. The number of hydrogen-bond acceptors (Lipinski definition) is 4. The number of carbonyl (C=O) groups excluding carboxylic acids is 1. The minimum atomic E-state index is -0.291. The molecule has 126 valence electrons. The van der Waals surface area contributed by atoms with Crippen LogP contribution < -0.4 is 5.32 Å². The van der Waals surface area contributed by atoms with Crippen LogP contribution in [0.5, 0.6) is 0 Å². The molecule has 24 heavy (non-hydrogen) atoms. The molecule has 2 aliphatic heterocycles. The third kappa shape index (κ3) is 2.58. The molecule has 7 heteroatoms. The zero-order chi connectivity index (χ0) is 16.7. The van der Waals surface area contributed by atoms with Crippen molar-refractivity contribution in [2.75, 3.05) is 19.6 Å². The predicted molar refractivity (Wildman–Crippen MR) is 86.5 cm³/mol. The molecule has 1 aromatic carbocycles. The van der Waals surface area contributed by atoms with Gasteiger partial charge in [-0.25, -0.2) is 9.07 Å². The van der Waals surface area contributed by atoms with Crippen LogP contribution in [0.3, 0.4) is 0 Å². The van der Waals surface area contributed by atoms with Gasteiger partial charge < -0.3 is 10.2 Å². The van der Waals surface area contributed by atoms with E-state index in [0.717, 1.165) is 37.3 Å². The van der Waals surface area contributed by atoms with Crippen LogP contribution in [0, 0.1) is 18.7 Å². The highest BCUT2D eigenvalue weighted by atomic mass is 19.1. The Morgan fingerprint density at radius 2 is 2.25 bits per heavy atom. The Morgan fingerprint density at radius 3 is 3.08 bits per heavy atom. The first kappa shape index (κ1) is 15.3. The standard InChI is InChI=1S/C17H20FN5O/c1-11-7-13(18)4-5-15(11)23-10-14(20-21-23)17(24)22-6-2-3-12-8-19-9-16(12)22/h4-5,7,10,12,16,19H,2-3,6,8-9H2,1H3/t12-,16+/m0/s1. The topological polar surface area (TPSA) is 63.1 Å². The number of carbonyl (C=O) groups is 1. The highest BCUT2D eigenvalue weighted by molar-refractivity contribution is 5.92. The summed E-state index contributed by atoms with van der Waals surface area (Å²) in [5.41, 5.74) is 1.81. The van der Waals surface area contributed by atoms with Gasteiger partial charge in [0.2, 0.25) is 0 Å². The molecule has 0 spiro atoms. The van der Waals surface area contributed by atoms with Gasteiger partial charge in [0.1, 0.15) is 5.82 Å². The first-order chi connectivity index (χ1) is 11.6. The summed E-state index contributed by atoms with van der Waals surface area (Å²) in [7, 11) is 0. The molecular formula is C17H20FN5O. The maximum Gasteiger partial charge on any atom is 0.276 e. The fraction of sp³-hybridized carbons (Fsp3) is 0.471. The van der Waals surface area contributed by atoms with E-state index >= 15 is 0 Å². The Morgan fingerprint density at radius 1 is 1.38 bits per heavy atom. The second-order valence-electron chi connectivity index (χ2n) is 6.61. The number of benzene rings is 1. The lowest BCUT2D eigenvalue weighted by molar-refractivity contribution is 0.0568. The molecule has 2 aliphatic rings. The minimum absolute atomic E-state index is 0.0700. The molecule has 1 N–H and O–H groups in total. The Kier molecular flexibility index (Phi) is 3.80.